The molecule has 0 spiro atoms. The maximum atomic E-state index is 6.25. The second-order valence-corrected chi connectivity index (χ2v) is 5.63. The lowest BCUT2D eigenvalue weighted by molar-refractivity contribution is 0.539. The van der Waals surface area contributed by atoms with Crippen molar-refractivity contribution in [2.75, 3.05) is 5.75 Å². The number of aryl methyl sites for hydroxylation is 2. The van der Waals surface area contributed by atoms with Gasteiger partial charge in [-0.05, 0) is 25.0 Å². The lowest BCUT2D eigenvalue weighted by Gasteiger charge is -2.13. The predicted octanol–water partition coefficient (Wildman–Crippen LogP) is 2.79. The Morgan fingerprint density at radius 1 is 1.37 bits per heavy atom. The molecular formula is C14H20N4S. The van der Waals surface area contributed by atoms with E-state index in [2.05, 4.69) is 48.4 Å². The fourth-order valence-electron chi connectivity index (χ4n) is 1.92. The summed E-state index contributed by atoms with van der Waals surface area (Å²) in [5, 5.41) is 8.04. The van der Waals surface area contributed by atoms with Gasteiger partial charge >= 0.3 is 0 Å². The fraction of sp³-hybridized carbons (Fsp3) is 0.429. The molecule has 0 fully saturated rings. The summed E-state index contributed by atoms with van der Waals surface area (Å²) in [6.07, 6.45) is 2.81. The maximum Gasteiger partial charge on any atom is 0.0762 e. The van der Waals surface area contributed by atoms with E-state index in [1.54, 1.807) is 18.0 Å². The van der Waals surface area contributed by atoms with E-state index in [4.69, 9.17) is 5.73 Å². The van der Waals surface area contributed by atoms with E-state index < -0.39 is 0 Å². The quantitative estimate of drug-likeness (QED) is 0.824. The Bertz CT molecular complexity index is 524. The maximum absolute atomic E-state index is 6.25. The molecule has 0 amide bonds. The standard InChI is InChI=1S/C14H20N4S/c1-3-8-18-13(9-16-17-18)12(15)10-19-14-7-5-4-6-11(14)2/h4-7,9,12H,3,8,10,15H2,1-2H3. The molecule has 5 heteroatoms. The van der Waals surface area contributed by atoms with Gasteiger partial charge in [-0.2, -0.15) is 0 Å². The molecule has 0 saturated heterocycles. The predicted molar refractivity (Wildman–Crippen MR) is 79.1 cm³/mol. The third-order valence-corrected chi connectivity index (χ3v) is 4.27. The van der Waals surface area contributed by atoms with Gasteiger partial charge in [0.05, 0.1) is 17.9 Å². The van der Waals surface area contributed by atoms with Crippen LogP contribution in [0.4, 0.5) is 0 Å². The Balaban J connectivity index is 1.99. The zero-order chi connectivity index (χ0) is 13.7. The third-order valence-electron chi connectivity index (χ3n) is 2.97. The molecule has 0 saturated carbocycles. The van der Waals surface area contributed by atoms with Crippen LogP contribution >= 0.6 is 11.8 Å². The molecule has 1 heterocycles. The van der Waals surface area contributed by atoms with E-state index in [1.807, 2.05) is 4.68 Å². The number of nitrogens with two attached hydrogens (primary N) is 1. The summed E-state index contributed by atoms with van der Waals surface area (Å²) < 4.78 is 1.91. The molecule has 102 valence electrons. The number of aromatic nitrogens is 3. The summed E-state index contributed by atoms with van der Waals surface area (Å²) in [6.45, 7) is 5.12. The zero-order valence-electron chi connectivity index (χ0n) is 11.4. The molecule has 2 rings (SSSR count). The van der Waals surface area contributed by atoms with Crippen LogP contribution in [0.1, 0.15) is 30.6 Å². The average molecular weight is 276 g/mol. The SMILES string of the molecule is CCCn1nncc1C(N)CSc1ccccc1C. The van der Waals surface area contributed by atoms with Gasteiger partial charge in [-0.1, -0.05) is 30.3 Å². The van der Waals surface area contributed by atoms with Gasteiger partial charge in [-0.3, -0.25) is 0 Å². The first kappa shape index (κ1) is 14.1. The van der Waals surface area contributed by atoms with Crippen LogP contribution in [0.3, 0.4) is 0 Å². The molecule has 2 N–H and O–H groups in total. The summed E-state index contributed by atoms with van der Waals surface area (Å²) in [6, 6.07) is 8.33. The van der Waals surface area contributed by atoms with E-state index in [-0.39, 0.29) is 6.04 Å². The number of thioether (sulfide) groups is 1. The van der Waals surface area contributed by atoms with Crippen molar-refractivity contribution in [2.24, 2.45) is 5.73 Å². The van der Waals surface area contributed by atoms with Crippen molar-refractivity contribution in [3.63, 3.8) is 0 Å². The van der Waals surface area contributed by atoms with Crippen molar-refractivity contribution in [3.8, 4) is 0 Å². The number of nitrogens with zero attached hydrogens (tertiary/aromatic N) is 3. The molecular weight excluding hydrogens is 256 g/mol. The third kappa shape index (κ3) is 3.58. The average Bonchev–Trinajstić information content (AvgIpc) is 2.86. The first-order valence-corrected chi connectivity index (χ1v) is 7.53. The van der Waals surface area contributed by atoms with Crippen LogP contribution < -0.4 is 5.73 Å². The Morgan fingerprint density at radius 2 is 2.16 bits per heavy atom. The van der Waals surface area contributed by atoms with Gasteiger partial charge in [0.1, 0.15) is 0 Å². The second-order valence-electron chi connectivity index (χ2n) is 4.57. The molecule has 0 aliphatic rings. The van der Waals surface area contributed by atoms with Crippen molar-refractivity contribution in [3.05, 3.63) is 41.7 Å². The van der Waals surface area contributed by atoms with Crippen LogP contribution in [0, 0.1) is 6.92 Å². The van der Waals surface area contributed by atoms with Crippen LogP contribution in [-0.2, 0) is 6.54 Å². The van der Waals surface area contributed by atoms with Crippen LogP contribution in [-0.4, -0.2) is 20.7 Å². The minimum Gasteiger partial charge on any atom is -0.322 e. The zero-order valence-corrected chi connectivity index (χ0v) is 12.2. The van der Waals surface area contributed by atoms with Gasteiger partial charge in [0.2, 0.25) is 0 Å². The highest BCUT2D eigenvalue weighted by Crippen LogP contribution is 2.25. The summed E-state index contributed by atoms with van der Waals surface area (Å²) in [5.41, 5.74) is 8.55. The lowest BCUT2D eigenvalue weighted by Crippen LogP contribution is -2.18. The molecule has 4 nitrogen and oxygen atoms in total. The van der Waals surface area contributed by atoms with Gasteiger partial charge < -0.3 is 5.73 Å². The van der Waals surface area contributed by atoms with Crippen LogP contribution in [0.5, 0.6) is 0 Å². The van der Waals surface area contributed by atoms with Gasteiger partial charge in [-0.15, -0.1) is 16.9 Å². The van der Waals surface area contributed by atoms with Crippen molar-refractivity contribution >= 4 is 11.8 Å². The van der Waals surface area contributed by atoms with Crippen LogP contribution in [0.15, 0.2) is 35.4 Å². The molecule has 0 bridgehead atoms. The highest BCUT2D eigenvalue weighted by Gasteiger charge is 2.13. The van der Waals surface area contributed by atoms with E-state index in [9.17, 15) is 0 Å². The van der Waals surface area contributed by atoms with Gasteiger partial charge in [0.25, 0.3) is 0 Å². The molecule has 0 aliphatic heterocycles. The smallest absolute Gasteiger partial charge is 0.0762 e. The minimum absolute atomic E-state index is 0.0360. The first-order chi connectivity index (χ1) is 9.22. The van der Waals surface area contributed by atoms with Crippen molar-refractivity contribution in [2.45, 2.75) is 37.8 Å². The fourth-order valence-corrected chi connectivity index (χ4v) is 2.92. The molecule has 2 aromatic rings. The largest absolute Gasteiger partial charge is 0.322 e. The van der Waals surface area contributed by atoms with E-state index in [0.717, 1.165) is 24.4 Å². The summed E-state index contributed by atoms with van der Waals surface area (Å²) in [5.74, 6) is 0.835. The van der Waals surface area contributed by atoms with E-state index in [0.29, 0.717) is 0 Å². The Morgan fingerprint density at radius 3 is 2.89 bits per heavy atom. The van der Waals surface area contributed by atoms with Crippen LogP contribution in [0.2, 0.25) is 0 Å². The molecule has 0 aliphatic carbocycles. The molecule has 19 heavy (non-hydrogen) atoms. The normalized spacial score (nSPS) is 12.6. The monoisotopic (exact) mass is 276 g/mol. The van der Waals surface area contributed by atoms with Gasteiger partial charge in [0, 0.05) is 17.2 Å². The highest BCUT2D eigenvalue weighted by molar-refractivity contribution is 7.99. The topological polar surface area (TPSA) is 56.7 Å². The molecule has 1 atom stereocenters. The number of benzene rings is 1. The highest BCUT2D eigenvalue weighted by atomic mass is 32.2. The second kappa shape index (κ2) is 6.73. The number of hydrogen-bond donors (Lipinski definition) is 1. The molecule has 1 unspecified atom stereocenters. The molecule has 1 aromatic carbocycles. The molecule has 0 radical (unpaired) electrons. The van der Waals surface area contributed by atoms with Crippen molar-refractivity contribution < 1.29 is 0 Å². The Hall–Kier alpha value is -1.33. The number of rotatable bonds is 6. The summed E-state index contributed by atoms with van der Waals surface area (Å²) >= 11 is 1.79. The van der Waals surface area contributed by atoms with Crippen molar-refractivity contribution in [1.82, 2.24) is 15.0 Å². The van der Waals surface area contributed by atoms with E-state index >= 15 is 0 Å². The van der Waals surface area contributed by atoms with Crippen molar-refractivity contribution in [1.29, 1.82) is 0 Å². The summed E-state index contributed by atoms with van der Waals surface area (Å²) in [4.78, 5) is 1.28. The van der Waals surface area contributed by atoms with Gasteiger partial charge in [0.15, 0.2) is 0 Å². The minimum atomic E-state index is -0.0360. The Labute approximate surface area is 118 Å². The molecule has 1 aromatic heterocycles. The van der Waals surface area contributed by atoms with E-state index in [1.165, 1.54) is 10.5 Å². The lowest BCUT2D eigenvalue weighted by atomic mass is 10.2. The van der Waals surface area contributed by atoms with Crippen LogP contribution in [0.25, 0.3) is 0 Å². The van der Waals surface area contributed by atoms with Gasteiger partial charge in [-0.25, -0.2) is 4.68 Å². The summed E-state index contributed by atoms with van der Waals surface area (Å²) in [7, 11) is 0. The number of hydrogen-bond acceptors (Lipinski definition) is 4. The first-order valence-electron chi connectivity index (χ1n) is 6.54. The Kier molecular flexibility index (Phi) is 4.99.